The van der Waals surface area contributed by atoms with E-state index in [4.69, 9.17) is 10.6 Å². The molecule has 0 aliphatic heterocycles. The Labute approximate surface area is 91.4 Å². The van der Waals surface area contributed by atoms with Gasteiger partial charge in [-0.2, -0.15) is 0 Å². The lowest BCUT2D eigenvalue weighted by atomic mass is 10.3. The lowest BCUT2D eigenvalue weighted by molar-refractivity contribution is 0.179. The van der Waals surface area contributed by atoms with Crippen LogP contribution in [0, 0.1) is 5.92 Å². The Hall–Kier alpha value is -0.810. The molecule has 0 amide bonds. The van der Waals surface area contributed by atoms with Gasteiger partial charge in [0.2, 0.25) is 5.96 Å². The summed E-state index contributed by atoms with van der Waals surface area (Å²) in [5.41, 5.74) is 2.59. The first-order valence-corrected chi connectivity index (χ1v) is 5.51. The van der Waals surface area contributed by atoms with E-state index < -0.39 is 0 Å². The minimum atomic E-state index is 0.212. The van der Waals surface area contributed by atoms with E-state index in [0.717, 1.165) is 5.92 Å². The third kappa shape index (κ3) is 4.05. The van der Waals surface area contributed by atoms with Gasteiger partial charge in [-0.25, -0.2) is 10.8 Å². The summed E-state index contributed by atoms with van der Waals surface area (Å²) in [7, 11) is 1.68. The van der Waals surface area contributed by atoms with Crippen LogP contribution in [0.1, 0.15) is 26.7 Å². The Morgan fingerprint density at radius 3 is 2.87 bits per heavy atom. The van der Waals surface area contributed by atoms with E-state index in [1.165, 1.54) is 12.8 Å². The maximum absolute atomic E-state index is 5.40. The molecule has 3 atom stereocenters. The third-order valence-corrected chi connectivity index (χ3v) is 2.64. The number of ether oxygens (including phenoxy) is 1. The Morgan fingerprint density at radius 2 is 2.40 bits per heavy atom. The van der Waals surface area contributed by atoms with Crippen molar-refractivity contribution >= 4 is 5.96 Å². The highest BCUT2D eigenvalue weighted by molar-refractivity contribution is 5.79. The smallest absolute Gasteiger partial charge is 0.206 e. The van der Waals surface area contributed by atoms with Crippen molar-refractivity contribution in [1.29, 1.82) is 0 Å². The molecule has 0 aromatic heterocycles. The van der Waals surface area contributed by atoms with Gasteiger partial charge in [0.25, 0.3) is 0 Å². The number of aliphatic imine (C=N–C) groups is 1. The van der Waals surface area contributed by atoms with E-state index in [-0.39, 0.29) is 6.04 Å². The fourth-order valence-corrected chi connectivity index (χ4v) is 1.64. The van der Waals surface area contributed by atoms with Crippen LogP contribution in [0.15, 0.2) is 4.99 Å². The molecule has 5 heteroatoms. The highest BCUT2D eigenvalue weighted by Gasteiger charge is 2.35. The summed E-state index contributed by atoms with van der Waals surface area (Å²) in [5, 5.41) is 3.17. The van der Waals surface area contributed by atoms with E-state index in [9.17, 15) is 0 Å². The molecule has 0 spiro atoms. The van der Waals surface area contributed by atoms with Gasteiger partial charge in [0.15, 0.2) is 0 Å². The van der Waals surface area contributed by atoms with Crippen LogP contribution in [0.4, 0.5) is 0 Å². The largest absolute Gasteiger partial charge is 0.383 e. The van der Waals surface area contributed by atoms with Crippen LogP contribution in [-0.2, 0) is 4.74 Å². The Kier molecular flexibility index (Phi) is 4.84. The number of hydrogen-bond donors (Lipinski definition) is 3. The van der Waals surface area contributed by atoms with Crippen molar-refractivity contribution in [3.8, 4) is 0 Å². The minimum Gasteiger partial charge on any atom is -0.383 e. The minimum absolute atomic E-state index is 0.212. The lowest BCUT2D eigenvalue weighted by Crippen LogP contribution is -2.47. The van der Waals surface area contributed by atoms with Crippen LogP contribution >= 0.6 is 0 Å². The molecule has 0 radical (unpaired) electrons. The first-order valence-electron chi connectivity index (χ1n) is 5.51. The van der Waals surface area contributed by atoms with Crippen LogP contribution in [0.5, 0.6) is 0 Å². The van der Waals surface area contributed by atoms with Gasteiger partial charge in [0, 0.05) is 13.2 Å². The SMILES string of the molecule is CCC1CC1N=C(NN)NC(C)COC. The predicted octanol–water partition coefficient (Wildman–Crippen LogP) is 0.229. The highest BCUT2D eigenvalue weighted by atomic mass is 16.5. The second-order valence-corrected chi connectivity index (χ2v) is 4.09. The zero-order valence-electron chi connectivity index (χ0n) is 9.79. The normalized spacial score (nSPS) is 27.3. The number of hydrazine groups is 1. The van der Waals surface area contributed by atoms with E-state index in [0.29, 0.717) is 18.6 Å². The number of hydrogen-bond acceptors (Lipinski definition) is 3. The third-order valence-electron chi connectivity index (χ3n) is 2.64. The van der Waals surface area contributed by atoms with Crippen LogP contribution in [-0.4, -0.2) is 31.8 Å². The molecular formula is C10H22N4O. The summed E-state index contributed by atoms with van der Waals surface area (Å²) in [6, 6.07) is 0.659. The van der Waals surface area contributed by atoms with Gasteiger partial charge in [0.05, 0.1) is 12.6 Å². The first-order chi connectivity index (χ1) is 7.21. The Bertz CT molecular complexity index is 219. The van der Waals surface area contributed by atoms with Crippen molar-refractivity contribution in [3.63, 3.8) is 0 Å². The van der Waals surface area contributed by atoms with E-state index in [2.05, 4.69) is 22.7 Å². The molecule has 4 N–H and O–H groups in total. The molecule has 1 aliphatic carbocycles. The first kappa shape index (κ1) is 12.3. The molecule has 0 saturated heterocycles. The maximum atomic E-state index is 5.40. The fourth-order valence-electron chi connectivity index (χ4n) is 1.64. The summed E-state index contributed by atoms with van der Waals surface area (Å²) in [6.45, 7) is 4.86. The number of nitrogens with zero attached hydrogens (tertiary/aromatic N) is 1. The average Bonchev–Trinajstić information content (AvgIpc) is 2.96. The highest BCUT2D eigenvalue weighted by Crippen LogP contribution is 2.36. The number of guanidine groups is 1. The molecule has 1 rings (SSSR count). The molecule has 0 bridgehead atoms. The monoisotopic (exact) mass is 214 g/mol. The molecule has 0 aromatic carbocycles. The summed E-state index contributed by atoms with van der Waals surface area (Å²) >= 11 is 0. The van der Waals surface area contributed by atoms with Crippen LogP contribution in [0.25, 0.3) is 0 Å². The topological polar surface area (TPSA) is 71.7 Å². The van der Waals surface area contributed by atoms with Crippen molar-refractivity contribution in [2.24, 2.45) is 16.8 Å². The fraction of sp³-hybridized carbons (Fsp3) is 0.900. The van der Waals surface area contributed by atoms with Crippen LogP contribution in [0.3, 0.4) is 0 Å². The molecule has 1 saturated carbocycles. The van der Waals surface area contributed by atoms with Gasteiger partial charge in [-0.05, 0) is 19.3 Å². The molecule has 1 aliphatic rings. The molecule has 5 nitrogen and oxygen atoms in total. The summed E-state index contributed by atoms with van der Waals surface area (Å²) in [4.78, 5) is 4.49. The number of nitrogens with two attached hydrogens (primary N) is 1. The Morgan fingerprint density at radius 1 is 1.67 bits per heavy atom. The predicted molar refractivity (Wildman–Crippen MR) is 61.4 cm³/mol. The second kappa shape index (κ2) is 5.92. The van der Waals surface area contributed by atoms with Gasteiger partial charge < -0.3 is 10.1 Å². The zero-order chi connectivity index (χ0) is 11.3. The zero-order valence-corrected chi connectivity index (χ0v) is 9.79. The van der Waals surface area contributed by atoms with E-state index >= 15 is 0 Å². The van der Waals surface area contributed by atoms with Gasteiger partial charge >= 0.3 is 0 Å². The van der Waals surface area contributed by atoms with E-state index in [1.54, 1.807) is 7.11 Å². The molecule has 88 valence electrons. The van der Waals surface area contributed by atoms with E-state index in [1.807, 2.05) is 6.92 Å². The van der Waals surface area contributed by atoms with Crippen molar-refractivity contribution in [2.75, 3.05) is 13.7 Å². The van der Waals surface area contributed by atoms with Gasteiger partial charge in [-0.1, -0.05) is 13.3 Å². The van der Waals surface area contributed by atoms with Crippen molar-refractivity contribution in [3.05, 3.63) is 0 Å². The molecule has 15 heavy (non-hydrogen) atoms. The number of methoxy groups -OCH3 is 1. The van der Waals surface area contributed by atoms with Crippen molar-refractivity contribution in [1.82, 2.24) is 10.7 Å². The van der Waals surface area contributed by atoms with Gasteiger partial charge in [0.1, 0.15) is 0 Å². The average molecular weight is 214 g/mol. The second-order valence-electron chi connectivity index (χ2n) is 4.09. The maximum Gasteiger partial charge on any atom is 0.206 e. The lowest BCUT2D eigenvalue weighted by Gasteiger charge is -2.15. The van der Waals surface area contributed by atoms with Crippen molar-refractivity contribution in [2.45, 2.75) is 38.8 Å². The summed E-state index contributed by atoms with van der Waals surface area (Å²) < 4.78 is 5.03. The number of nitrogens with one attached hydrogen (secondary N) is 2. The molecule has 1 fully saturated rings. The Balaban J connectivity index is 2.35. The van der Waals surface area contributed by atoms with Gasteiger partial charge in [-0.3, -0.25) is 5.43 Å². The summed E-state index contributed by atoms with van der Waals surface area (Å²) in [6.07, 6.45) is 2.38. The number of rotatable bonds is 5. The molecule has 0 heterocycles. The van der Waals surface area contributed by atoms with Crippen LogP contribution < -0.4 is 16.6 Å². The molecular weight excluding hydrogens is 192 g/mol. The quantitative estimate of drug-likeness (QED) is 0.265. The van der Waals surface area contributed by atoms with Crippen molar-refractivity contribution < 1.29 is 4.74 Å². The van der Waals surface area contributed by atoms with Crippen LogP contribution in [0.2, 0.25) is 0 Å². The standard InChI is InChI=1S/C10H22N4O/c1-4-8-5-9(8)13-10(14-11)12-7(2)6-15-3/h7-9H,4-6,11H2,1-3H3,(H2,12,13,14). The summed E-state index contributed by atoms with van der Waals surface area (Å²) in [5.74, 6) is 6.81. The molecule has 3 unspecified atom stereocenters. The molecule has 0 aromatic rings. The van der Waals surface area contributed by atoms with Gasteiger partial charge in [-0.15, -0.1) is 0 Å².